The largest absolute Gasteiger partial charge is 0.372 e. The van der Waals surface area contributed by atoms with E-state index in [9.17, 15) is 0 Å². The summed E-state index contributed by atoms with van der Waals surface area (Å²) in [5, 5.41) is 3.57. The van der Waals surface area contributed by atoms with Gasteiger partial charge < -0.3 is 10.1 Å². The summed E-state index contributed by atoms with van der Waals surface area (Å²) in [7, 11) is 0. The molecule has 1 aromatic carbocycles. The summed E-state index contributed by atoms with van der Waals surface area (Å²) in [6, 6.07) is 8.71. The van der Waals surface area contributed by atoms with E-state index >= 15 is 0 Å². The summed E-state index contributed by atoms with van der Waals surface area (Å²) in [6.07, 6.45) is 2.58. The summed E-state index contributed by atoms with van der Waals surface area (Å²) >= 11 is 0. The first-order chi connectivity index (χ1) is 9.81. The fourth-order valence-electron chi connectivity index (χ4n) is 2.31. The van der Waals surface area contributed by atoms with Crippen molar-refractivity contribution in [2.45, 2.75) is 66.0 Å². The number of rotatable bonds is 8. The van der Waals surface area contributed by atoms with Crippen LogP contribution in [0.15, 0.2) is 24.3 Å². The van der Waals surface area contributed by atoms with E-state index in [4.69, 9.17) is 4.74 Å². The molecule has 0 saturated carbocycles. The van der Waals surface area contributed by atoms with Crippen LogP contribution in [0.25, 0.3) is 0 Å². The van der Waals surface area contributed by atoms with Crippen molar-refractivity contribution in [1.29, 1.82) is 0 Å². The second kappa shape index (κ2) is 8.55. The van der Waals surface area contributed by atoms with E-state index < -0.39 is 0 Å². The molecular formula is C19H33NO. The van der Waals surface area contributed by atoms with Gasteiger partial charge in [0.25, 0.3) is 0 Å². The molecule has 21 heavy (non-hydrogen) atoms. The Morgan fingerprint density at radius 1 is 1.14 bits per heavy atom. The van der Waals surface area contributed by atoms with Gasteiger partial charge in [0.05, 0.1) is 12.7 Å². The molecule has 0 spiro atoms. The molecule has 2 atom stereocenters. The van der Waals surface area contributed by atoms with Gasteiger partial charge in [-0.25, -0.2) is 0 Å². The van der Waals surface area contributed by atoms with Crippen molar-refractivity contribution in [3.8, 4) is 0 Å². The lowest BCUT2D eigenvalue weighted by atomic mass is 10.0. The summed E-state index contributed by atoms with van der Waals surface area (Å²) in [4.78, 5) is 0. The van der Waals surface area contributed by atoms with Crippen LogP contribution in [0.4, 0.5) is 0 Å². The number of hydrogen-bond donors (Lipinski definition) is 1. The number of benzene rings is 1. The topological polar surface area (TPSA) is 21.3 Å². The standard InChI is InChI=1S/C19H33NO/c1-7-8-16(3)14-21-18(13-20-19(4,5)6)17-11-9-15(2)10-12-17/h9-12,16,18,20H,7-8,13-14H2,1-6H3. The van der Waals surface area contributed by atoms with Crippen molar-refractivity contribution >= 4 is 0 Å². The minimum Gasteiger partial charge on any atom is -0.372 e. The van der Waals surface area contributed by atoms with Gasteiger partial charge in [-0.05, 0) is 45.6 Å². The third-order valence-electron chi connectivity index (χ3n) is 3.63. The number of ether oxygens (including phenoxy) is 1. The maximum Gasteiger partial charge on any atom is 0.0949 e. The summed E-state index contributed by atoms with van der Waals surface area (Å²) < 4.78 is 6.22. The average Bonchev–Trinajstić information content (AvgIpc) is 2.39. The van der Waals surface area contributed by atoms with Crippen molar-refractivity contribution in [3.05, 3.63) is 35.4 Å². The first-order valence-corrected chi connectivity index (χ1v) is 8.25. The third kappa shape index (κ3) is 7.63. The maximum atomic E-state index is 6.22. The molecule has 2 unspecified atom stereocenters. The molecule has 120 valence electrons. The molecule has 1 rings (SSSR count). The Bertz CT molecular complexity index is 391. The van der Waals surface area contributed by atoms with Crippen molar-refractivity contribution in [1.82, 2.24) is 5.32 Å². The average molecular weight is 291 g/mol. The molecule has 1 aromatic rings. The lowest BCUT2D eigenvalue weighted by molar-refractivity contribution is 0.0265. The minimum absolute atomic E-state index is 0.112. The smallest absolute Gasteiger partial charge is 0.0949 e. The Hall–Kier alpha value is -0.860. The molecular weight excluding hydrogens is 258 g/mol. The monoisotopic (exact) mass is 291 g/mol. The Labute approximate surface area is 131 Å². The van der Waals surface area contributed by atoms with Gasteiger partial charge in [0.1, 0.15) is 0 Å². The zero-order chi connectivity index (χ0) is 15.9. The van der Waals surface area contributed by atoms with Crippen molar-refractivity contribution < 1.29 is 4.74 Å². The molecule has 0 aliphatic carbocycles. The second-order valence-corrected chi connectivity index (χ2v) is 7.26. The van der Waals surface area contributed by atoms with Crippen LogP contribution < -0.4 is 5.32 Å². The predicted octanol–water partition coefficient (Wildman–Crippen LogP) is 4.88. The van der Waals surface area contributed by atoms with Gasteiger partial charge >= 0.3 is 0 Å². The Morgan fingerprint density at radius 2 is 1.76 bits per heavy atom. The van der Waals surface area contributed by atoms with E-state index in [1.807, 2.05) is 0 Å². The third-order valence-corrected chi connectivity index (χ3v) is 3.63. The molecule has 1 N–H and O–H groups in total. The van der Waals surface area contributed by atoms with Gasteiger partial charge in [-0.3, -0.25) is 0 Å². The quantitative estimate of drug-likeness (QED) is 0.737. The molecule has 2 nitrogen and oxygen atoms in total. The first-order valence-electron chi connectivity index (χ1n) is 8.25. The van der Waals surface area contributed by atoms with E-state index in [-0.39, 0.29) is 11.6 Å². The minimum atomic E-state index is 0.112. The molecule has 0 fully saturated rings. The molecule has 2 heteroatoms. The number of nitrogens with one attached hydrogen (secondary N) is 1. The summed E-state index contributed by atoms with van der Waals surface area (Å²) in [6.45, 7) is 14.9. The van der Waals surface area contributed by atoms with Crippen LogP contribution in [0.1, 0.15) is 64.7 Å². The van der Waals surface area contributed by atoms with Gasteiger partial charge in [0.2, 0.25) is 0 Å². The summed E-state index contributed by atoms with van der Waals surface area (Å²) in [5.74, 6) is 0.623. The highest BCUT2D eigenvalue weighted by molar-refractivity contribution is 5.23. The Kier molecular flexibility index (Phi) is 7.41. The predicted molar refractivity (Wildman–Crippen MR) is 91.7 cm³/mol. The summed E-state index contributed by atoms with van der Waals surface area (Å²) in [5.41, 5.74) is 2.67. The van der Waals surface area contributed by atoms with Crippen LogP contribution in [0.3, 0.4) is 0 Å². The van der Waals surface area contributed by atoms with Crippen molar-refractivity contribution in [2.24, 2.45) is 5.92 Å². The van der Waals surface area contributed by atoms with Crippen LogP contribution in [-0.2, 0) is 4.74 Å². The highest BCUT2D eigenvalue weighted by atomic mass is 16.5. The fraction of sp³-hybridized carbons (Fsp3) is 0.684. The second-order valence-electron chi connectivity index (χ2n) is 7.26. The van der Waals surface area contributed by atoms with Crippen LogP contribution in [0.2, 0.25) is 0 Å². The lowest BCUT2D eigenvalue weighted by Gasteiger charge is -2.27. The molecule has 0 radical (unpaired) electrons. The number of hydrogen-bond acceptors (Lipinski definition) is 2. The van der Waals surface area contributed by atoms with E-state index in [2.05, 4.69) is 71.1 Å². The van der Waals surface area contributed by atoms with Gasteiger partial charge in [-0.15, -0.1) is 0 Å². The number of aryl methyl sites for hydroxylation is 1. The van der Waals surface area contributed by atoms with Crippen LogP contribution in [0.5, 0.6) is 0 Å². The molecule has 0 saturated heterocycles. The van der Waals surface area contributed by atoms with Crippen molar-refractivity contribution in [3.63, 3.8) is 0 Å². The van der Waals surface area contributed by atoms with Gasteiger partial charge in [0, 0.05) is 12.1 Å². The molecule has 0 aliphatic rings. The highest BCUT2D eigenvalue weighted by Gasteiger charge is 2.17. The van der Waals surface area contributed by atoms with Crippen molar-refractivity contribution in [2.75, 3.05) is 13.2 Å². The van der Waals surface area contributed by atoms with Crippen LogP contribution in [-0.4, -0.2) is 18.7 Å². The Balaban J connectivity index is 2.67. The fourth-order valence-corrected chi connectivity index (χ4v) is 2.31. The zero-order valence-corrected chi connectivity index (χ0v) is 14.7. The van der Waals surface area contributed by atoms with Gasteiger partial charge in [-0.2, -0.15) is 0 Å². The maximum absolute atomic E-state index is 6.22. The lowest BCUT2D eigenvalue weighted by Crippen LogP contribution is -2.39. The van der Waals surface area contributed by atoms with Crippen LogP contribution in [0, 0.1) is 12.8 Å². The first kappa shape index (κ1) is 18.2. The normalized spacial score (nSPS) is 15.0. The van der Waals surface area contributed by atoms with Gasteiger partial charge in [0.15, 0.2) is 0 Å². The molecule has 0 bridgehead atoms. The Morgan fingerprint density at radius 3 is 2.29 bits per heavy atom. The zero-order valence-electron chi connectivity index (χ0n) is 14.7. The van der Waals surface area contributed by atoms with Gasteiger partial charge in [-0.1, -0.05) is 50.1 Å². The molecule has 0 aliphatic heterocycles. The van der Waals surface area contributed by atoms with E-state index in [0.717, 1.165) is 13.2 Å². The van der Waals surface area contributed by atoms with E-state index in [0.29, 0.717) is 5.92 Å². The van der Waals surface area contributed by atoms with E-state index in [1.165, 1.54) is 24.0 Å². The molecule has 0 heterocycles. The SMILES string of the molecule is CCCC(C)COC(CNC(C)(C)C)c1ccc(C)cc1. The van der Waals surface area contributed by atoms with E-state index in [1.54, 1.807) is 0 Å². The molecule has 0 amide bonds. The highest BCUT2D eigenvalue weighted by Crippen LogP contribution is 2.20. The molecule has 0 aromatic heterocycles. The van der Waals surface area contributed by atoms with Crippen LogP contribution >= 0.6 is 0 Å².